The van der Waals surface area contributed by atoms with Crippen molar-refractivity contribution in [2.24, 2.45) is 0 Å². The van der Waals surface area contributed by atoms with E-state index in [1.54, 1.807) is 17.0 Å². The Bertz CT molecular complexity index is 1120. The van der Waals surface area contributed by atoms with E-state index in [1.165, 1.54) is 6.26 Å². The van der Waals surface area contributed by atoms with Gasteiger partial charge in [0.1, 0.15) is 11.9 Å². The van der Waals surface area contributed by atoms with E-state index in [0.29, 0.717) is 51.6 Å². The van der Waals surface area contributed by atoms with Crippen LogP contribution in [0.15, 0.2) is 77.4 Å². The van der Waals surface area contributed by atoms with E-state index in [9.17, 15) is 9.59 Å². The van der Waals surface area contributed by atoms with Gasteiger partial charge in [0, 0.05) is 44.8 Å². The molecule has 0 aliphatic carbocycles. The average molecular weight is 460 g/mol. The third kappa shape index (κ3) is 4.99. The molecule has 2 aromatic carbocycles. The van der Waals surface area contributed by atoms with Gasteiger partial charge in [0.2, 0.25) is 5.91 Å². The normalized spacial score (nSPS) is 19.0. The smallest absolute Gasteiger partial charge is 0.289 e. The van der Waals surface area contributed by atoms with E-state index in [2.05, 4.69) is 23.1 Å². The number of hydrogen-bond donors (Lipinski definition) is 0. The van der Waals surface area contributed by atoms with Gasteiger partial charge < -0.3 is 19.0 Å². The molecule has 1 atom stereocenters. The largest absolute Gasteiger partial charge is 0.484 e. The number of carbonyl (C=O) groups excluding carboxylic acids is 2. The number of benzene rings is 2. The molecule has 7 heteroatoms. The van der Waals surface area contributed by atoms with Crippen molar-refractivity contribution in [3.63, 3.8) is 0 Å². The zero-order chi connectivity index (χ0) is 23.3. The van der Waals surface area contributed by atoms with Gasteiger partial charge in [-0.3, -0.25) is 14.5 Å². The average Bonchev–Trinajstić information content (AvgIpc) is 3.19. The maximum atomic E-state index is 13.3. The summed E-state index contributed by atoms with van der Waals surface area (Å²) in [5, 5.41) is 0. The van der Waals surface area contributed by atoms with Crippen LogP contribution < -0.4 is 4.74 Å². The molecule has 1 saturated heterocycles. The first kappa shape index (κ1) is 22.2. The molecule has 3 heterocycles. The minimum atomic E-state index is -0.150. The van der Waals surface area contributed by atoms with E-state index in [-0.39, 0.29) is 17.9 Å². The van der Waals surface area contributed by atoms with Crippen molar-refractivity contribution in [1.82, 2.24) is 14.7 Å². The second-order valence-electron chi connectivity index (χ2n) is 8.80. The monoisotopic (exact) mass is 459 g/mol. The molecule has 1 fully saturated rings. The lowest BCUT2D eigenvalue weighted by Crippen LogP contribution is -2.43. The summed E-state index contributed by atoms with van der Waals surface area (Å²) in [4.78, 5) is 31.8. The fourth-order valence-corrected chi connectivity index (χ4v) is 4.66. The lowest BCUT2D eigenvalue weighted by molar-refractivity contribution is -0.132. The molecule has 7 nitrogen and oxygen atoms in total. The van der Waals surface area contributed by atoms with E-state index in [0.717, 1.165) is 23.3 Å². The summed E-state index contributed by atoms with van der Waals surface area (Å²) < 4.78 is 11.6. The molecule has 0 N–H and O–H groups in total. The number of nitrogens with zero attached hydrogens (tertiary/aromatic N) is 3. The summed E-state index contributed by atoms with van der Waals surface area (Å²) in [5.74, 6) is 1.17. The van der Waals surface area contributed by atoms with E-state index in [1.807, 2.05) is 41.3 Å². The summed E-state index contributed by atoms with van der Waals surface area (Å²) in [6.45, 7) is 3.88. The zero-order valence-electron chi connectivity index (χ0n) is 19.1. The van der Waals surface area contributed by atoms with Crippen LogP contribution in [0, 0.1) is 0 Å². The van der Waals surface area contributed by atoms with Gasteiger partial charge in [-0.15, -0.1) is 0 Å². The highest BCUT2D eigenvalue weighted by molar-refractivity contribution is 5.91. The van der Waals surface area contributed by atoms with Crippen molar-refractivity contribution in [1.29, 1.82) is 0 Å². The summed E-state index contributed by atoms with van der Waals surface area (Å²) in [6, 6.07) is 21.6. The van der Waals surface area contributed by atoms with Crippen molar-refractivity contribution in [3.05, 3.63) is 89.9 Å². The topological polar surface area (TPSA) is 66.2 Å². The second-order valence-corrected chi connectivity index (χ2v) is 8.80. The summed E-state index contributed by atoms with van der Waals surface area (Å²) in [7, 11) is 0. The van der Waals surface area contributed by atoms with Gasteiger partial charge in [-0.1, -0.05) is 48.5 Å². The van der Waals surface area contributed by atoms with Crippen LogP contribution in [-0.4, -0.2) is 65.8 Å². The predicted octanol–water partition coefficient (Wildman–Crippen LogP) is 3.59. The fraction of sp³-hybridized carbons (Fsp3) is 0.333. The van der Waals surface area contributed by atoms with Crippen LogP contribution >= 0.6 is 0 Å². The van der Waals surface area contributed by atoms with Gasteiger partial charge in [-0.2, -0.15) is 0 Å². The Kier molecular flexibility index (Phi) is 6.62. The van der Waals surface area contributed by atoms with Gasteiger partial charge in [0.15, 0.2) is 5.76 Å². The SMILES string of the molecule is O=C(CN1Cc2ccccc2OC(c2ccccc2)C1)N1CCCN(C(=O)c2ccco2)CC1. The van der Waals surface area contributed by atoms with Gasteiger partial charge in [-0.05, 0) is 30.2 Å². The molecule has 0 spiro atoms. The highest BCUT2D eigenvalue weighted by Gasteiger charge is 2.28. The number of rotatable bonds is 4. The third-order valence-corrected chi connectivity index (χ3v) is 6.46. The van der Waals surface area contributed by atoms with Crippen LogP contribution in [0.5, 0.6) is 5.75 Å². The maximum Gasteiger partial charge on any atom is 0.289 e. The van der Waals surface area contributed by atoms with Crippen LogP contribution in [0.2, 0.25) is 0 Å². The molecule has 5 rings (SSSR count). The van der Waals surface area contributed by atoms with Crippen molar-refractivity contribution in [2.45, 2.75) is 19.1 Å². The molecule has 2 amide bonds. The molecule has 3 aromatic rings. The maximum absolute atomic E-state index is 13.3. The first-order chi connectivity index (χ1) is 16.7. The number of ether oxygens (including phenoxy) is 1. The molecule has 1 unspecified atom stereocenters. The summed E-state index contributed by atoms with van der Waals surface area (Å²) in [5.41, 5.74) is 2.18. The minimum Gasteiger partial charge on any atom is -0.484 e. The zero-order valence-corrected chi connectivity index (χ0v) is 19.1. The Balaban J connectivity index is 1.26. The van der Waals surface area contributed by atoms with Crippen molar-refractivity contribution in [2.75, 3.05) is 39.3 Å². The lowest BCUT2D eigenvalue weighted by atomic mass is 10.1. The quantitative estimate of drug-likeness (QED) is 0.597. The Labute approximate surface area is 199 Å². The number of fused-ring (bicyclic) bond motifs is 1. The molecule has 1 aromatic heterocycles. The van der Waals surface area contributed by atoms with Crippen LogP contribution in [0.4, 0.5) is 0 Å². The molecule has 2 aliphatic rings. The molecule has 0 bridgehead atoms. The van der Waals surface area contributed by atoms with Gasteiger partial charge in [-0.25, -0.2) is 0 Å². The standard InChI is InChI=1S/C27H29N3O4/c31-26(29-13-7-14-30(16-15-29)27(32)24-12-6-17-33-24)20-28-18-22-10-4-5-11-23(22)34-25(19-28)21-8-2-1-3-9-21/h1-6,8-12,17,25H,7,13-16,18-20H2. The highest BCUT2D eigenvalue weighted by atomic mass is 16.5. The number of carbonyl (C=O) groups is 2. The van der Waals surface area contributed by atoms with Crippen molar-refractivity contribution < 1.29 is 18.7 Å². The number of furan rings is 1. The molecule has 176 valence electrons. The van der Waals surface area contributed by atoms with Crippen LogP contribution in [0.1, 0.15) is 34.2 Å². The lowest BCUT2D eigenvalue weighted by Gasteiger charge is -2.27. The number of para-hydroxylation sites is 1. The first-order valence-corrected chi connectivity index (χ1v) is 11.8. The van der Waals surface area contributed by atoms with Crippen LogP contribution in [0.25, 0.3) is 0 Å². The Morgan fingerprint density at radius 3 is 2.44 bits per heavy atom. The molecular formula is C27H29N3O4. The first-order valence-electron chi connectivity index (χ1n) is 11.8. The summed E-state index contributed by atoms with van der Waals surface area (Å²) >= 11 is 0. The second kappa shape index (κ2) is 10.1. The van der Waals surface area contributed by atoms with Gasteiger partial charge in [0.25, 0.3) is 5.91 Å². The Morgan fingerprint density at radius 2 is 1.62 bits per heavy atom. The number of amides is 2. The van der Waals surface area contributed by atoms with E-state index < -0.39 is 0 Å². The van der Waals surface area contributed by atoms with Crippen LogP contribution in [0.3, 0.4) is 0 Å². The number of hydrogen-bond acceptors (Lipinski definition) is 5. The molecule has 0 saturated carbocycles. The highest BCUT2D eigenvalue weighted by Crippen LogP contribution is 2.31. The molecular weight excluding hydrogens is 430 g/mol. The van der Waals surface area contributed by atoms with Crippen molar-refractivity contribution in [3.8, 4) is 5.75 Å². The van der Waals surface area contributed by atoms with E-state index >= 15 is 0 Å². The predicted molar refractivity (Wildman–Crippen MR) is 127 cm³/mol. The third-order valence-electron chi connectivity index (χ3n) is 6.46. The molecule has 2 aliphatic heterocycles. The van der Waals surface area contributed by atoms with Crippen molar-refractivity contribution >= 4 is 11.8 Å². The van der Waals surface area contributed by atoms with Gasteiger partial charge in [0.05, 0.1) is 12.8 Å². The fourth-order valence-electron chi connectivity index (χ4n) is 4.66. The summed E-state index contributed by atoms with van der Waals surface area (Å²) in [6.07, 6.45) is 2.10. The molecule has 34 heavy (non-hydrogen) atoms. The molecule has 0 radical (unpaired) electrons. The van der Waals surface area contributed by atoms with Crippen LogP contribution in [-0.2, 0) is 11.3 Å². The van der Waals surface area contributed by atoms with Gasteiger partial charge >= 0.3 is 0 Å². The van der Waals surface area contributed by atoms with E-state index in [4.69, 9.17) is 9.15 Å². The Hall–Kier alpha value is -3.58. The minimum absolute atomic E-state index is 0.0819. The Morgan fingerprint density at radius 1 is 0.853 bits per heavy atom.